The first-order valence-corrected chi connectivity index (χ1v) is 6.66. The molecule has 2 aromatic carbocycles. The minimum Gasteiger partial charge on any atom is -0.423 e. The first kappa shape index (κ1) is 13.3. The number of para-hydroxylation sites is 1. The van der Waals surface area contributed by atoms with Gasteiger partial charge in [0.2, 0.25) is 0 Å². The molecule has 0 unspecified atom stereocenters. The fraction of sp³-hybridized carbons (Fsp3) is 0.235. The third-order valence-electron chi connectivity index (χ3n) is 2.94. The number of carbonyl (C=O) groups is 1. The number of ether oxygens (including phenoxy) is 1. The number of hydrogen-bond acceptors (Lipinski definition) is 2. The van der Waals surface area contributed by atoms with E-state index in [1.165, 1.54) is 5.56 Å². The lowest BCUT2D eigenvalue weighted by Crippen LogP contribution is -2.08. The van der Waals surface area contributed by atoms with Gasteiger partial charge in [0.15, 0.2) is 0 Å². The van der Waals surface area contributed by atoms with E-state index in [9.17, 15) is 4.79 Å². The molecule has 0 amide bonds. The van der Waals surface area contributed by atoms with Gasteiger partial charge in [0.25, 0.3) is 0 Å². The van der Waals surface area contributed by atoms with Gasteiger partial charge in [-0.1, -0.05) is 43.7 Å². The fourth-order valence-electron chi connectivity index (χ4n) is 1.89. The van der Waals surface area contributed by atoms with Crippen LogP contribution in [0.3, 0.4) is 0 Å². The standard InChI is InChI=1S/C17H18O2/c1-2-3-8-14-9-7-10-15(13-14)17(18)19-16-11-5-4-6-12-16/h4-7,9-13H,2-3,8H2,1H3. The van der Waals surface area contributed by atoms with Gasteiger partial charge in [0, 0.05) is 0 Å². The Morgan fingerprint density at radius 2 is 1.84 bits per heavy atom. The summed E-state index contributed by atoms with van der Waals surface area (Å²) in [6, 6.07) is 16.8. The molecule has 0 aromatic heterocycles. The molecular formula is C17H18O2. The second-order valence-electron chi connectivity index (χ2n) is 4.51. The van der Waals surface area contributed by atoms with Crippen molar-refractivity contribution in [3.63, 3.8) is 0 Å². The van der Waals surface area contributed by atoms with Gasteiger partial charge < -0.3 is 4.74 Å². The number of benzene rings is 2. The molecule has 0 heterocycles. The largest absolute Gasteiger partial charge is 0.423 e. The molecule has 98 valence electrons. The minimum absolute atomic E-state index is 0.301. The van der Waals surface area contributed by atoms with E-state index in [0.29, 0.717) is 11.3 Å². The SMILES string of the molecule is CCCCc1cccc(C(=O)Oc2ccccc2)c1. The molecule has 0 fully saturated rings. The highest BCUT2D eigenvalue weighted by Crippen LogP contribution is 2.14. The Morgan fingerprint density at radius 1 is 1.05 bits per heavy atom. The van der Waals surface area contributed by atoms with Crippen LogP contribution in [-0.2, 0) is 6.42 Å². The summed E-state index contributed by atoms with van der Waals surface area (Å²) in [5.41, 5.74) is 1.79. The topological polar surface area (TPSA) is 26.3 Å². The molecule has 2 aromatic rings. The zero-order valence-corrected chi connectivity index (χ0v) is 11.1. The highest BCUT2D eigenvalue weighted by Gasteiger charge is 2.08. The molecule has 0 saturated carbocycles. The predicted octanol–water partition coefficient (Wildman–Crippen LogP) is 4.25. The molecule has 2 heteroatoms. The van der Waals surface area contributed by atoms with Gasteiger partial charge in [-0.2, -0.15) is 0 Å². The number of hydrogen-bond donors (Lipinski definition) is 0. The Morgan fingerprint density at radius 3 is 2.58 bits per heavy atom. The number of esters is 1. The second-order valence-corrected chi connectivity index (χ2v) is 4.51. The number of unbranched alkanes of at least 4 members (excludes halogenated alkanes) is 1. The maximum absolute atomic E-state index is 12.0. The van der Waals surface area contributed by atoms with Gasteiger partial charge in [0.1, 0.15) is 5.75 Å². The molecule has 0 aliphatic carbocycles. The van der Waals surface area contributed by atoms with Crippen LogP contribution in [0.15, 0.2) is 54.6 Å². The Bertz CT molecular complexity index is 532. The summed E-state index contributed by atoms with van der Waals surface area (Å²) < 4.78 is 5.32. The van der Waals surface area contributed by atoms with E-state index in [1.807, 2.05) is 30.3 Å². The lowest BCUT2D eigenvalue weighted by atomic mass is 10.1. The van der Waals surface area contributed by atoms with Crippen molar-refractivity contribution in [3.8, 4) is 5.75 Å². The normalized spacial score (nSPS) is 10.2. The molecule has 0 N–H and O–H groups in total. The van der Waals surface area contributed by atoms with Crippen molar-refractivity contribution in [2.75, 3.05) is 0 Å². The van der Waals surface area contributed by atoms with Crippen LogP contribution >= 0.6 is 0 Å². The second kappa shape index (κ2) is 6.74. The quantitative estimate of drug-likeness (QED) is 0.589. The zero-order valence-electron chi connectivity index (χ0n) is 11.1. The molecule has 2 nitrogen and oxygen atoms in total. The minimum atomic E-state index is -0.301. The van der Waals surface area contributed by atoms with Gasteiger partial charge in [-0.25, -0.2) is 4.79 Å². The number of carbonyl (C=O) groups excluding carboxylic acids is 1. The van der Waals surface area contributed by atoms with Crippen molar-refractivity contribution in [1.82, 2.24) is 0 Å². The molecule has 2 rings (SSSR count). The lowest BCUT2D eigenvalue weighted by molar-refractivity contribution is 0.0734. The summed E-state index contributed by atoms with van der Waals surface area (Å²) in [7, 11) is 0. The predicted molar refractivity (Wildman–Crippen MR) is 76.5 cm³/mol. The first-order valence-electron chi connectivity index (χ1n) is 6.66. The molecule has 0 saturated heterocycles. The van der Waals surface area contributed by atoms with Crippen molar-refractivity contribution in [2.24, 2.45) is 0 Å². The number of rotatable bonds is 5. The molecule has 0 aliphatic rings. The van der Waals surface area contributed by atoms with Crippen LogP contribution in [0.2, 0.25) is 0 Å². The van der Waals surface area contributed by atoms with E-state index in [1.54, 1.807) is 18.2 Å². The van der Waals surface area contributed by atoms with Gasteiger partial charge in [-0.05, 0) is 42.7 Å². The van der Waals surface area contributed by atoms with Crippen molar-refractivity contribution < 1.29 is 9.53 Å². The first-order chi connectivity index (χ1) is 9.29. The summed E-state index contributed by atoms with van der Waals surface area (Å²) in [4.78, 5) is 12.0. The van der Waals surface area contributed by atoms with Crippen LogP contribution in [0.4, 0.5) is 0 Å². The molecule has 0 atom stereocenters. The van der Waals surface area contributed by atoms with E-state index in [0.717, 1.165) is 19.3 Å². The molecule has 0 spiro atoms. The number of aryl methyl sites for hydroxylation is 1. The molecule has 19 heavy (non-hydrogen) atoms. The third kappa shape index (κ3) is 3.95. The molecule has 0 radical (unpaired) electrons. The maximum atomic E-state index is 12.0. The van der Waals surface area contributed by atoms with Gasteiger partial charge in [-0.3, -0.25) is 0 Å². The van der Waals surface area contributed by atoms with Crippen LogP contribution < -0.4 is 4.74 Å². The van der Waals surface area contributed by atoms with Crippen LogP contribution in [-0.4, -0.2) is 5.97 Å². The van der Waals surface area contributed by atoms with Crippen LogP contribution in [0.1, 0.15) is 35.7 Å². The smallest absolute Gasteiger partial charge is 0.343 e. The van der Waals surface area contributed by atoms with Gasteiger partial charge in [0.05, 0.1) is 5.56 Å². The Hall–Kier alpha value is -2.09. The van der Waals surface area contributed by atoms with Crippen molar-refractivity contribution in [2.45, 2.75) is 26.2 Å². The average Bonchev–Trinajstić information content (AvgIpc) is 2.46. The summed E-state index contributed by atoms with van der Waals surface area (Å²) in [5, 5.41) is 0. The highest BCUT2D eigenvalue weighted by atomic mass is 16.5. The summed E-state index contributed by atoms with van der Waals surface area (Å²) >= 11 is 0. The highest BCUT2D eigenvalue weighted by molar-refractivity contribution is 5.91. The van der Waals surface area contributed by atoms with Crippen LogP contribution in [0.5, 0.6) is 5.75 Å². The summed E-state index contributed by atoms with van der Waals surface area (Å²) in [6.45, 7) is 2.16. The van der Waals surface area contributed by atoms with Gasteiger partial charge in [-0.15, -0.1) is 0 Å². The molecular weight excluding hydrogens is 236 g/mol. The van der Waals surface area contributed by atoms with E-state index in [4.69, 9.17) is 4.74 Å². The van der Waals surface area contributed by atoms with Crippen molar-refractivity contribution in [1.29, 1.82) is 0 Å². The van der Waals surface area contributed by atoms with Crippen molar-refractivity contribution >= 4 is 5.97 Å². The molecule has 0 aliphatic heterocycles. The van der Waals surface area contributed by atoms with E-state index < -0.39 is 0 Å². The zero-order chi connectivity index (χ0) is 13.5. The van der Waals surface area contributed by atoms with E-state index >= 15 is 0 Å². The monoisotopic (exact) mass is 254 g/mol. The van der Waals surface area contributed by atoms with Crippen LogP contribution in [0, 0.1) is 0 Å². The van der Waals surface area contributed by atoms with Crippen LogP contribution in [0.25, 0.3) is 0 Å². The summed E-state index contributed by atoms with van der Waals surface area (Å²) in [5.74, 6) is 0.274. The Balaban J connectivity index is 2.06. The Kier molecular flexibility index (Phi) is 4.73. The van der Waals surface area contributed by atoms with Gasteiger partial charge >= 0.3 is 5.97 Å². The van der Waals surface area contributed by atoms with E-state index in [2.05, 4.69) is 13.0 Å². The fourth-order valence-corrected chi connectivity index (χ4v) is 1.89. The maximum Gasteiger partial charge on any atom is 0.343 e. The summed E-state index contributed by atoms with van der Waals surface area (Å²) in [6.07, 6.45) is 3.29. The van der Waals surface area contributed by atoms with E-state index in [-0.39, 0.29) is 5.97 Å². The van der Waals surface area contributed by atoms with Crippen molar-refractivity contribution in [3.05, 3.63) is 65.7 Å². The average molecular weight is 254 g/mol. The Labute approximate surface area is 114 Å². The third-order valence-corrected chi connectivity index (χ3v) is 2.94. The lowest BCUT2D eigenvalue weighted by Gasteiger charge is -2.06. The molecule has 0 bridgehead atoms.